The van der Waals surface area contributed by atoms with Gasteiger partial charge < -0.3 is 26.5 Å². The number of aryl methyl sites for hydroxylation is 1. The number of hydrogen-bond acceptors (Lipinski definition) is 6. The Kier molecular flexibility index (Phi) is 6.49. The quantitative estimate of drug-likeness (QED) is 0.505. The van der Waals surface area contributed by atoms with Gasteiger partial charge in [0.05, 0.1) is 11.1 Å². The van der Waals surface area contributed by atoms with Crippen molar-refractivity contribution in [1.29, 1.82) is 0 Å². The van der Waals surface area contributed by atoms with Gasteiger partial charge in [0.1, 0.15) is 5.82 Å². The molecule has 0 aliphatic carbocycles. The Morgan fingerprint density at radius 3 is 2.37 bits per heavy atom. The number of hydrogen-bond donors (Lipinski definition) is 4. The molecule has 0 spiro atoms. The Morgan fingerprint density at radius 2 is 1.83 bits per heavy atom. The predicted molar refractivity (Wildman–Crippen MR) is 105 cm³/mol. The zero-order valence-corrected chi connectivity index (χ0v) is 16.0. The van der Waals surface area contributed by atoms with Gasteiger partial charge in [-0.3, -0.25) is 4.79 Å². The van der Waals surface area contributed by atoms with Crippen LogP contribution in [-0.2, 0) is 11.3 Å². The Morgan fingerprint density at radius 1 is 1.20 bits per heavy atom. The third-order valence-electron chi connectivity index (χ3n) is 4.07. The second-order valence-electron chi connectivity index (χ2n) is 6.06. The number of nitrogens with zero attached hydrogens (tertiary/aromatic N) is 3. The molecule has 1 aromatic carbocycles. The molecule has 0 saturated heterocycles. The number of carboxylic acid groups (broad SMARTS) is 1. The number of carbonyl (C=O) groups is 2. The lowest BCUT2D eigenvalue weighted by Gasteiger charge is -2.08. The van der Waals surface area contributed by atoms with Crippen LogP contribution in [-0.4, -0.2) is 37.7 Å². The van der Waals surface area contributed by atoms with Crippen molar-refractivity contribution in [2.75, 3.05) is 16.8 Å². The lowest BCUT2D eigenvalue weighted by Crippen LogP contribution is -2.21. The molecule has 3 rings (SSSR count). The number of carbonyl (C=O) groups excluding carboxylic acids is 1. The number of alkyl halides is 3. The summed E-state index contributed by atoms with van der Waals surface area (Å²) in [7, 11) is 0. The average Bonchev–Trinajstić information content (AvgIpc) is 3.02. The highest BCUT2D eigenvalue weighted by Gasteiger charge is 2.38. The summed E-state index contributed by atoms with van der Waals surface area (Å²) in [4.78, 5) is 29.4. The zero-order valence-electron chi connectivity index (χ0n) is 16.0. The second kappa shape index (κ2) is 8.68. The number of nitrogens with one attached hydrogen (secondary N) is 1. The molecule has 30 heavy (non-hydrogen) atoms. The van der Waals surface area contributed by atoms with Gasteiger partial charge in [0, 0.05) is 29.5 Å². The lowest BCUT2D eigenvalue weighted by atomic mass is 10.2. The first-order valence-electron chi connectivity index (χ1n) is 8.54. The molecule has 6 N–H and O–H groups in total. The Hall–Kier alpha value is -3.83. The molecule has 0 saturated carbocycles. The number of rotatable bonds is 3. The third kappa shape index (κ3) is 5.16. The van der Waals surface area contributed by atoms with Crippen LogP contribution in [0.1, 0.15) is 23.0 Å². The number of anilines is 3. The van der Waals surface area contributed by atoms with E-state index in [-0.39, 0.29) is 17.7 Å². The average molecular weight is 424 g/mol. The van der Waals surface area contributed by atoms with E-state index in [1.165, 1.54) is 0 Å². The molecule has 0 aliphatic heterocycles. The number of benzene rings is 1. The summed E-state index contributed by atoms with van der Waals surface area (Å²) in [6.07, 6.45) is -3.18. The largest absolute Gasteiger partial charge is 0.490 e. The SMILES string of the molecule is CCn1ccc(C(=O)Nc2ccc3nc(N)nc(N)c3c2)c1C.O=C(O)C(F)(F)F. The summed E-state index contributed by atoms with van der Waals surface area (Å²) in [5, 5.41) is 10.7. The van der Waals surface area contributed by atoms with Gasteiger partial charge in [0.15, 0.2) is 0 Å². The monoisotopic (exact) mass is 424 g/mol. The van der Waals surface area contributed by atoms with E-state index in [4.69, 9.17) is 21.4 Å². The summed E-state index contributed by atoms with van der Waals surface area (Å²) >= 11 is 0. The number of nitrogens with two attached hydrogens (primary N) is 2. The van der Waals surface area contributed by atoms with E-state index in [1.54, 1.807) is 18.2 Å². The van der Waals surface area contributed by atoms with Crippen LogP contribution in [0.5, 0.6) is 0 Å². The van der Waals surface area contributed by atoms with E-state index in [0.29, 0.717) is 22.2 Å². The van der Waals surface area contributed by atoms with Crippen LogP contribution in [0, 0.1) is 6.92 Å². The van der Waals surface area contributed by atoms with Gasteiger partial charge >= 0.3 is 12.1 Å². The molecule has 0 radical (unpaired) electrons. The Bertz CT molecular complexity index is 1090. The second-order valence-corrected chi connectivity index (χ2v) is 6.06. The molecule has 0 atom stereocenters. The molecule has 0 fully saturated rings. The lowest BCUT2D eigenvalue weighted by molar-refractivity contribution is -0.192. The van der Waals surface area contributed by atoms with Crippen molar-refractivity contribution in [2.45, 2.75) is 26.6 Å². The maximum absolute atomic E-state index is 12.4. The molecule has 160 valence electrons. The topological polar surface area (TPSA) is 149 Å². The van der Waals surface area contributed by atoms with Crippen LogP contribution in [0.3, 0.4) is 0 Å². The van der Waals surface area contributed by atoms with Crippen molar-refractivity contribution in [3.8, 4) is 0 Å². The first-order valence-corrected chi connectivity index (χ1v) is 8.54. The zero-order chi connectivity index (χ0) is 22.6. The highest BCUT2D eigenvalue weighted by atomic mass is 19.4. The number of halogens is 3. The molecule has 0 aliphatic rings. The van der Waals surface area contributed by atoms with E-state index in [1.807, 2.05) is 30.7 Å². The van der Waals surface area contributed by atoms with Crippen LogP contribution in [0.2, 0.25) is 0 Å². The minimum atomic E-state index is -5.08. The Balaban J connectivity index is 0.000000396. The van der Waals surface area contributed by atoms with E-state index >= 15 is 0 Å². The summed E-state index contributed by atoms with van der Waals surface area (Å²) in [5.41, 5.74) is 14.3. The summed E-state index contributed by atoms with van der Waals surface area (Å²) < 4.78 is 33.8. The maximum Gasteiger partial charge on any atom is 0.490 e. The number of aliphatic carboxylic acids is 1. The first kappa shape index (κ1) is 22.5. The summed E-state index contributed by atoms with van der Waals surface area (Å²) in [5.74, 6) is -2.50. The fourth-order valence-electron chi connectivity index (χ4n) is 2.58. The molecule has 2 heterocycles. The van der Waals surface area contributed by atoms with Gasteiger partial charge in [-0.05, 0) is 38.1 Å². The fraction of sp³-hybridized carbons (Fsp3) is 0.222. The molecular formula is C18H19F3N6O3. The van der Waals surface area contributed by atoms with Crippen molar-refractivity contribution in [1.82, 2.24) is 14.5 Å². The van der Waals surface area contributed by atoms with E-state index in [9.17, 15) is 18.0 Å². The van der Waals surface area contributed by atoms with Crippen molar-refractivity contribution in [2.24, 2.45) is 0 Å². The van der Waals surface area contributed by atoms with Gasteiger partial charge in [-0.2, -0.15) is 18.2 Å². The van der Waals surface area contributed by atoms with E-state index in [2.05, 4.69) is 15.3 Å². The number of nitrogen functional groups attached to an aromatic ring is 2. The normalized spacial score (nSPS) is 11.0. The van der Waals surface area contributed by atoms with Crippen LogP contribution in [0.25, 0.3) is 10.9 Å². The highest BCUT2D eigenvalue weighted by molar-refractivity contribution is 6.06. The van der Waals surface area contributed by atoms with Crippen LogP contribution in [0.15, 0.2) is 30.5 Å². The minimum absolute atomic E-state index is 0.128. The molecular weight excluding hydrogens is 405 g/mol. The first-order chi connectivity index (χ1) is 13.9. The van der Waals surface area contributed by atoms with E-state index < -0.39 is 12.1 Å². The van der Waals surface area contributed by atoms with Gasteiger partial charge in [-0.15, -0.1) is 0 Å². The number of aromatic nitrogens is 3. The predicted octanol–water partition coefficient (Wildman–Crippen LogP) is 2.81. The fourth-order valence-corrected chi connectivity index (χ4v) is 2.58. The maximum atomic E-state index is 12.4. The molecule has 9 nitrogen and oxygen atoms in total. The van der Waals surface area contributed by atoms with Crippen LogP contribution < -0.4 is 16.8 Å². The van der Waals surface area contributed by atoms with Crippen molar-refractivity contribution in [3.05, 3.63) is 41.7 Å². The molecule has 12 heteroatoms. The van der Waals surface area contributed by atoms with Gasteiger partial charge in [0.25, 0.3) is 5.91 Å². The standard InChI is InChI=1S/C16H18N6O.C2HF3O2/c1-3-22-7-6-11(9(22)2)15(23)19-10-4-5-13-12(8-10)14(17)21-16(18)20-13;3-2(4,5)1(6)7/h4-8H,3H2,1-2H3,(H,19,23)(H4,17,18,20,21);(H,6,7). The van der Waals surface area contributed by atoms with Gasteiger partial charge in [0.2, 0.25) is 5.95 Å². The molecule has 3 aromatic rings. The molecule has 2 aromatic heterocycles. The smallest absolute Gasteiger partial charge is 0.475 e. The molecule has 0 bridgehead atoms. The van der Waals surface area contributed by atoms with Crippen LogP contribution in [0.4, 0.5) is 30.6 Å². The van der Waals surface area contributed by atoms with Crippen molar-refractivity contribution >= 4 is 40.2 Å². The van der Waals surface area contributed by atoms with Crippen molar-refractivity contribution < 1.29 is 27.9 Å². The number of amides is 1. The molecule has 0 unspecified atom stereocenters. The summed E-state index contributed by atoms with van der Waals surface area (Å²) in [6.45, 7) is 4.78. The third-order valence-corrected chi connectivity index (χ3v) is 4.07. The Labute approximate surface area is 168 Å². The highest BCUT2D eigenvalue weighted by Crippen LogP contribution is 2.23. The number of fused-ring (bicyclic) bond motifs is 1. The summed E-state index contributed by atoms with van der Waals surface area (Å²) in [6, 6.07) is 7.07. The molecule has 1 amide bonds. The van der Waals surface area contributed by atoms with Gasteiger partial charge in [-0.1, -0.05) is 0 Å². The van der Waals surface area contributed by atoms with E-state index in [0.717, 1.165) is 12.2 Å². The van der Waals surface area contributed by atoms with Gasteiger partial charge in [-0.25, -0.2) is 9.78 Å². The minimum Gasteiger partial charge on any atom is -0.475 e. The number of carboxylic acids is 1. The van der Waals surface area contributed by atoms with Crippen molar-refractivity contribution in [3.63, 3.8) is 0 Å². The van der Waals surface area contributed by atoms with Crippen LogP contribution >= 0.6 is 0 Å².